The van der Waals surface area contributed by atoms with Crippen LogP contribution in [0.3, 0.4) is 0 Å². The number of pyridine rings is 1. The number of fused-ring (bicyclic) bond motifs is 1. The summed E-state index contributed by atoms with van der Waals surface area (Å²) in [5.41, 5.74) is 1.46. The molecule has 0 fully saturated rings. The molecule has 1 aliphatic rings. The summed E-state index contributed by atoms with van der Waals surface area (Å²) < 4.78 is 1.55. The standard InChI is InChI=1S/C13H17NO3/c1-2-7-14-8-9-5-3-4-6-10(9)11(12(14)15)13(16)17/h8H,2-7H2,1H3,(H,16,17). The third-order valence-corrected chi connectivity index (χ3v) is 3.28. The Hall–Kier alpha value is -1.58. The van der Waals surface area contributed by atoms with Crippen molar-refractivity contribution in [2.24, 2.45) is 0 Å². The van der Waals surface area contributed by atoms with Crippen LogP contribution in [0.2, 0.25) is 0 Å². The van der Waals surface area contributed by atoms with E-state index < -0.39 is 5.97 Å². The summed E-state index contributed by atoms with van der Waals surface area (Å²) in [6.45, 7) is 2.57. The minimum atomic E-state index is -1.08. The second-order valence-corrected chi connectivity index (χ2v) is 4.52. The third-order valence-electron chi connectivity index (χ3n) is 3.28. The molecule has 1 aliphatic carbocycles. The van der Waals surface area contributed by atoms with Crippen molar-refractivity contribution < 1.29 is 9.90 Å². The zero-order valence-corrected chi connectivity index (χ0v) is 10.0. The zero-order valence-electron chi connectivity index (χ0n) is 10.0. The number of hydrogen-bond donors (Lipinski definition) is 1. The minimum Gasteiger partial charge on any atom is -0.477 e. The number of aryl methyl sites for hydroxylation is 2. The molecule has 0 unspecified atom stereocenters. The average molecular weight is 235 g/mol. The van der Waals surface area contributed by atoms with Crippen LogP contribution in [-0.2, 0) is 19.4 Å². The Labute approximate surface area is 99.9 Å². The highest BCUT2D eigenvalue weighted by atomic mass is 16.4. The number of carboxylic acid groups (broad SMARTS) is 1. The predicted molar refractivity (Wildman–Crippen MR) is 64.6 cm³/mol. The van der Waals surface area contributed by atoms with Crippen LogP contribution in [-0.4, -0.2) is 15.6 Å². The summed E-state index contributed by atoms with van der Waals surface area (Å²) in [6, 6.07) is 0. The molecule has 2 rings (SSSR count). The molecule has 1 aromatic heterocycles. The van der Waals surface area contributed by atoms with Crippen LogP contribution in [0.1, 0.15) is 47.7 Å². The fraction of sp³-hybridized carbons (Fsp3) is 0.538. The van der Waals surface area contributed by atoms with E-state index in [2.05, 4.69) is 0 Å². The van der Waals surface area contributed by atoms with Gasteiger partial charge in [0.2, 0.25) is 0 Å². The summed E-state index contributed by atoms with van der Waals surface area (Å²) in [5, 5.41) is 9.20. The normalized spacial score (nSPS) is 14.4. The van der Waals surface area contributed by atoms with Crippen LogP contribution in [0.5, 0.6) is 0 Å². The topological polar surface area (TPSA) is 59.3 Å². The first kappa shape index (κ1) is 11.9. The molecular formula is C13H17NO3. The lowest BCUT2D eigenvalue weighted by Crippen LogP contribution is -2.30. The molecule has 1 heterocycles. The molecule has 0 bridgehead atoms. The second kappa shape index (κ2) is 4.73. The van der Waals surface area contributed by atoms with Crippen molar-refractivity contribution in [1.82, 2.24) is 4.57 Å². The van der Waals surface area contributed by atoms with Crippen molar-refractivity contribution in [3.63, 3.8) is 0 Å². The Morgan fingerprint density at radius 3 is 2.76 bits per heavy atom. The van der Waals surface area contributed by atoms with Gasteiger partial charge < -0.3 is 9.67 Å². The van der Waals surface area contributed by atoms with Gasteiger partial charge in [0.05, 0.1) is 0 Å². The molecule has 1 N–H and O–H groups in total. The van der Waals surface area contributed by atoms with Gasteiger partial charge in [-0.2, -0.15) is 0 Å². The molecule has 4 heteroatoms. The van der Waals surface area contributed by atoms with E-state index in [-0.39, 0.29) is 11.1 Å². The number of aromatic carboxylic acids is 1. The van der Waals surface area contributed by atoms with Crippen molar-refractivity contribution in [2.45, 2.75) is 45.6 Å². The molecule has 1 aromatic rings. The van der Waals surface area contributed by atoms with Crippen LogP contribution in [0.15, 0.2) is 11.0 Å². The molecule has 0 aromatic carbocycles. The third kappa shape index (κ3) is 2.12. The van der Waals surface area contributed by atoms with Crippen LogP contribution < -0.4 is 5.56 Å². The summed E-state index contributed by atoms with van der Waals surface area (Å²) >= 11 is 0. The lowest BCUT2D eigenvalue weighted by Gasteiger charge is -2.19. The number of nitrogens with zero attached hydrogens (tertiary/aromatic N) is 1. The molecule has 92 valence electrons. The van der Waals surface area contributed by atoms with E-state index >= 15 is 0 Å². The Kier molecular flexibility index (Phi) is 3.31. The maximum atomic E-state index is 12.1. The monoisotopic (exact) mass is 235 g/mol. The van der Waals surface area contributed by atoms with Gasteiger partial charge in [0, 0.05) is 12.7 Å². The molecule has 0 saturated heterocycles. The van der Waals surface area contributed by atoms with Crippen molar-refractivity contribution in [3.8, 4) is 0 Å². The largest absolute Gasteiger partial charge is 0.477 e. The van der Waals surface area contributed by atoms with Crippen LogP contribution in [0, 0.1) is 0 Å². The Balaban J connectivity index is 2.64. The lowest BCUT2D eigenvalue weighted by atomic mass is 9.90. The van der Waals surface area contributed by atoms with Gasteiger partial charge in [-0.05, 0) is 43.2 Å². The van der Waals surface area contributed by atoms with E-state index in [0.717, 1.165) is 43.2 Å². The molecule has 17 heavy (non-hydrogen) atoms. The summed E-state index contributed by atoms with van der Waals surface area (Å²) in [4.78, 5) is 23.3. The van der Waals surface area contributed by atoms with E-state index in [1.54, 1.807) is 4.57 Å². The van der Waals surface area contributed by atoms with Crippen molar-refractivity contribution in [1.29, 1.82) is 0 Å². The first-order valence-corrected chi connectivity index (χ1v) is 6.13. The first-order chi connectivity index (χ1) is 8.15. The highest BCUT2D eigenvalue weighted by Gasteiger charge is 2.22. The van der Waals surface area contributed by atoms with E-state index in [4.69, 9.17) is 0 Å². The molecule has 4 nitrogen and oxygen atoms in total. The van der Waals surface area contributed by atoms with E-state index in [9.17, 15) is 14.7 Å². The van der Waals surface area contributed by atoms with Gasteiger partial charge >= 0.3 is 5.97 Å². The molecule has 0 radical (unpaired) electrons. The zero-order chi connectivity index (χ0) is 12.4. The summed E-state index contributed by atoms with van der Waals surface area (Å²) in [7, 11) is 0. The molecular weight excluding hydrogens is 218 g/mol. The second-order valence-electron chi connectivity index (χ2n) is 4.52. The highest BCUT2D eigenvalue weighted by Crippen LogP contribution is 2.22. The fourth-order valence-electron chi connectivity index (χ4n) is 2.50. The van der Waals surface area contributed by atoms with Gasteiger partial charge in [-0.15, -0.1) is 0 Å². The minimum absolute atomic E-state index is 0.00403. The van der Waals surface area contributed by atoms with E-state index in [1.165, 1.54) is 0 Å². The molecule has 0 amide bonds. The first-order valence-electron chi connectivity index (χ1n) is 6.13. The van der Waals surface area contributed by atoms with Gasteiger partial charge in [-0.3, -0.25) is 4.79 Å². The van der Waals surface area contributed by atoms with Crippen LogP contribution in [0.25, 0.3) is 0 Å². The van der Waals surface area contributed by atoms with Gasteiger partial charge in [0.15, 0.2) is 0 Å². The smallest absolute Gasteiger partial charge is 0.341 e. The van der Waals surface area contributed by atoms with E-state index in [0.29, 0.717) is 6.54 Å². The van der Waals surface area contributed by atoms with Crippen LogP contribution >= 0.6 is 0 Å². The molecule has 0 aliphatic heterocycles. The van der Waals surface area contributed by atoms with E-state index in [1.807, 2.05) is 13.1 Å². The summed E-state index contributed by atoms with van der Waals surface area (Å²) in [5.74, 6) is -1.08. The van der Waals surface area contributed by atoms with Gasteiger partial charge in [0.25, 0.3) is 5.56 Å². The highest BCUT2D eigenvalue weighted by molar-refractivity contribution is 5.89. The number of hydrogen-bond acceptors (Lipinski definition) is 2. The quantitative estimate of drug-likeness (QED) is 0.869. The number of carboxylic acids is 1. The van der Waals surface area contributed by atoms with Crippen molar-refractivity contribution in [3.05, 3.63) is 33.2 Å². The fourth-order valence-corrected chi connectivity index (χ4v) is 2.50. The predicted octanol–water partition coefficient (Wildman–Crippen LogP) is 1.84. The molecule has 0 spiro atoms. The average Bonchev–Trinajstić information content (AvgIpc) is 2.30. The van der Waals surface area contributed by atoms with Crippen LogP contribution in [0.4, 0.5) is 0 Å². The maximum absolute atomic E-state index is 12.1. The molecule has 0 saturated carbocycles. The Bertz CT molecular complexity index is 502. The maximum Gasteiger partial charge on any atom is 0.341 e. The SMILES string of the molecule is CCCn1cc2c(c(C(=O)O)c1=O)CCCC2. The molecule has 0 atom stereocenters. The van der Waals surface area contributed by atoms with Gasteiger partial charge in [-0.25, -0.2) is 4.79 Å². The Morgan fingerprint density at radius 2 is 2.12 bits per heavy atom. The lowest BCUT2D eigenvalue weighted by molar-refractivity contribution is 0.0692. The van der Waals surface area contributed by atoms with Crippen molar-refractivity contribution >= 4 is 5.97 Å². The van der Waals surface area contributed by atoms with Gasteiger partial charge in [-0.1, -0.05) is 6.92 Å². The summed E-state index contributed by atoms with van der Waals surface area (Å²) in [6.07, 6.45) is 6.35. The number of aromatic nitrogens is 1. The number of rotatable bonds is 3. The number of carbonyl (C=O) groups is 1. The Morgan fingerprint density at radius 1 is 1.41 bits per heavy atom. The van der Waals surface area contributed by atoms with Crippen molar-refractivity contribution in [2.75, 3.05) is 0 Å². The van der Waals surface area contributed by atoms with Gasteiger partial charge in [0.1, 0.15) is 5.56 Å².